The van der Waals surface area contributed by atoms with Crippen molar-refractivity contribution in [2.45, 2.75) is 44.5 Å². The lowest BCUT2D eigenvalue weighted by Gasteiger charge is -2.24. The molecule has 1 aliphatic rings. The molecule has 0 aromatic heterocycles. The maximum absolute atomic E-state index is 12.3. The van der Waals surface area contributed by atoms with E-state index in [1.165, 1.54) is 12.1 Å². The minimum atomic E-state index is -5.60. The van der Waals surface area contributed by atoms with Crippen LogP contribution in [0.15, 0.2) is 18.2 Å². The van der Waals surface area contributed by atoms with Crippen LogP contribution >= 0.6 is 0 Å². The maximum atomic E-state index is 12.3. The first-order valence-electron chi connectivity index (χ1n) is 6.85. The van der Waals surface area contributed by atoms with Crippen molar-refractivity contribution in [3.63, 3.8) is 0 Å². The topological polar surface area (TPSA) is 43.4 Å². The Kier molecular flexibility index (Phi) is 4.51. The van der Waals surface area contributed by atoms with E-state index < -0.39 is 15.6 Å². The molecule has 2 rings (SSSR count). The van der Waals surface area contributed by atoms with Crippen LogP contribution in [0.2, 0.25) is 0 Å². The van der Waals surface area contributed by atoms with Crippen LogP contribution in [0, 0.1) is 5.92 Å². The fourth-order valence-corrected chi connectivity index (χ4v) is 3.14. The average molecular weight is 322 g/mol. The second kappa shape index (κ2) is 5.87. The molecule has 1 atom stereocenters. The van der Waals surface area contributed by atoms with Crippen molar-refractivity contribution < 1.29 is 25.8 Å². The van der Waals surface area contributed by atoms with Crippen LogP contribution in [0.4, 0.5) is 13.2 Å². The summed E-state index contributed by atoms with van der Waals surface area (Å²) in [7, 11) is -5.60. The highest BCUT2D eigenvalue weighted by Crippen LogP contribution is 2.32. The van der Waals surface area contributed by atoms with Gasteiger partial charge in [0.2, 0.25) is 0 Å². The molecule has 0 saturated heterocycles. The van der Waals surface area contributed by atoms with Crippen molar-refractivity contribution in [2.75, 3.05) is 0 Å². The zero-order chi connectivity index (χ0) is 15.7. The van der Waals surface area contributed by atoms with Crippen LogP contribution in [0.1, 0.15) is 37.3 Å². The standard InChI is InChI=1S/C14H17F3O3S/c1-2-3-10-4-5-12-9-13(7-6-11(12)8-10)20-21(18,19)14(15,16)17/h6-7,9-10H,2-5,8H2,1H3. The highest BCUT2D eigenvalue weighted by Gasteiger charge is 2.48. The minimum absolute atomic E-state index is 0.278. The molecule has 1 aromatic carbocycles. The van der Waals surface area contributed by atoms with Gasteiger partial charge in [0.05, 0.1) is 0 Å². The zero-order valence-electron chi connectivity index (χ0n) is 11.6. The summed E-state index contributed by atoms with van der Waals surface area (Å²) in [5.41, 5.74) is -3.47. The first-order valence-corrected chi connectivity index (χ1v) is 8.26. The molecule has 3 nitrogen and oxygen atoms in total. The summed E-state index contributed by atoms with van der Waals surface area (Å²) < 4.78 is 63.0. The second-order valence-electron chi connectivity index (χ2n) is 5.31. The molecule has 0 bridgehead atoms. The van der Waals surface area contributed by atoms with Gasteiger partial charge >= 0.3 is 15.6 Å². The van der Waals surface area contributed by atoms with Gasteiger partial charge in [-0.3, -0.25) is 0 Å². The van der Waals surface area contributed by atoms with E-state index in [4.69, 9.17) is 0 Å². The summed E-state index contributed by atoms with van der Waals surface area (Å²) in [6.07, 6.45) is 4.82. The third-order valence-corrected chi connectivity index (χ3v) is 4.67. The Morgan fingerprint density at radius 3 is 2.62 bits per heavy atom. The molecule has 21 heavy (non-hydrogen) atoms. The Balaban J connectivity index is 2.16. The maximum Gasteiger partial charge on any atom is 0.534 e. The van der Waals surface area contributed by atoms with Gasteiger partial charge in [0, 0.05) is 0 Å². The molecule has 7 heteroatoms. The smallest absolute Gasteiger partial charge is 0.376 e. The predicted octanol–water partition coefficient (Wildman–Crippen LogP) is 3.82. The lowest BCUT2D eigenvalue weighted by molar-refractivity contribution is -0.0500. The Labute approximate surface area is 122 Å². The molecule has 0 heterocycles. The van der Waals surface area contributed by atoms with Crippen LogP contribution in [0.5, 0.6) is 5.75 Å². The van der Waals surface area contributed by atoms with Gasteiger partial charge < -0.3 is 4.18 Å². The van der Waals surface area contributed by atoms with Crippen LogP contribution in [0.3, 0.4) is 0 Å². The van der Waals surface area contributed by atoms with E-state index in [0.29, 0.717) is 5.92 Å². The molecule has 0 spiro atoms. The fourth-order valence-electron chi connectivity index (χ4n) is 2.69. The third-order valence-electron chi connectivity index (χ3n) is 3.69. The Morgan fingerprint density at radius 2 is 2.00 bits per heavy atom. The summed E-state index contributed by atoms with van der Waals surface area (Å²) in [5, 5.41) is 0. The SMILES string of the molecule is CCCC1CCc2cc(OS(=O)(=O)C(F)(F)F)ccc2C1. The van der Waals surface area contributed by atoms with Gasteiger partial charge in [-0.2, -0.15) is 21.6 Å². The van der Waals surface area contributed by atoms with Crippen molar-refractivity contribution in [1.29, 1.82) is 0 Å². The number of aryl methyl sites for hydroxylation is 1. The zero-order valence-corrected chi connectivity index (χ0v) is 12.4. The van der Waals surface area contributed by atoms with Crippen LogP contribution < -0.4 is 4.18 Å². The highest BCUT2D eigenvalue weighted by molar-refractivity contribution is 7.87. The van der Waals surface area contributed by atoms with Gasteiger partial charge in [0.25, 0.3) is 0 Å². The largest absolute Gasteiger partial charge is 0.534 e. The first kappa shape index (κ1) is 16.1. The molecule has 0 radical (unpaired) electrons. The van der Waals surface area contributed by atoms with Crippen molar-refractivity contribution in [1.82, 2.24) is 0 Å². The van der Waals surface area contributed by atoms with Crippen molar-refractivity contribution in [2.24, 2.45) is 5.92 Å². The van der Waals surface area contributed by atoms with E-state index in [9.17, 15) is 21.6 Å². The molecule has 1 unspecified atom stereocenters. The molecular weight excluding hydrogens is 305 g/mol. The van der Waals surface area contributed by atoms with Crippen molar-refractivity contribution in [3.8, 4) is 5.75 Å². The molecule has 0 N–H and O–H groups in total. The predicted molar refractivity (Wildman–Crippen MR) is 72.5 cm³/mol. The van der Waals surface area contributed by atoms with Gasteiger partial charge in [-0.05, 0) is 48.4 Å². The molecule has 0 saturated carbocycles. The van der Waals surface area contributed by atoms with Gasteiger partial charge in [-0.25, -0.2) is 0 Å². The van der Waals surface area contributed by atoms with Gasteiger partial charge in [-0.15, -0.1) is 0 Å². The highest BCUT2D eigenvalue weighted by atomic mass is 32.2. The first-order chi connectivity index (χ1) is 9.73. The second-order valence-corrected chi connectivity index (χ2v) is 6.85. The quantitative estimate of drug-likeness (QED) is 0.625. The van der Waals surface area contributed by atoms with Crippen molar-refractivity contribution in [3.05, 3.63) is 29.3 Å². The lowest BCUT2D eigenvalue weighted by atomic mass is 9.82. The number of hydrogen-bond acceptors (Lipinski definition) is 3. The van der Waals surface area contributed by atoms with E-state index in [1.807, 2.05) is 0 Å². The minimum Gasteiger partial charge on any atom is -0.376 e. The molecule has 118 valence electrons. The summed E-state index contributed by atoms with van der Waals surface area (Å²) in [6.45, 7) is 2.12. The summed E-state index contributed by atoms with van der Waals surface area (Å²) in [4.78, 5) is 0. The van der Waals surface area contributed by atoms with E-state index in [2.05, 4.69) is 11.1 Å². The Morgan fingerprint density at radius 1 is 1.29 bits per heavy atom. The van der Waals surface area contributed by atoms with Gasteiger partial charge in [0.1, 0.15) is 5.75 Å². The molecular formula is C14H17F3O3S. The summed E-state index contributed by atoms with van der Waals surface area (Å²) in [5.74, 6) is 0.313. The average Bonchev–Trinajstić information content (AvgIpc) is 2.37. The number of hydrogen-bond donors (Lipinski definition) is 0. The third kappa shape index (κ3) is 3.70. The van der Waals surface area contributed by atoms with Crippen LogP contribution in [-0.2, 0) is 23.0 Å². The number of halogens is 3. The van der Waals surface area contributed by atoms with Crippen LogP contribution in [-0.4, -0.2) is 13.9 Å². The molecule has 0 aliphatic heterocycles. The van der Waals surface area contributed by atoms with Crippen LogP contribution in [0.25, 0.3) is 0 Å². The van der Waals surface area contributed by atoms with E-state index in [-0.39, 0.29) is 5.75 Å². The molecule has 0 fully saturated rings. The Bertz CT molecular complexity index is 608. The van der Waals surface area contributed by atoms with Gasteiger partial charge in [0.15, 0.2) is 0 Å². The normalized spacial score (nSPS) is 19.1. The number of benzene rings is 1. The summed E-state index contributed by atoms with van der Waals surface area (Å²) >= 11 is 0. The summed E-state index contributed by atoms with van der Waals surface area (Å²) in [6, 6.07) is 4.36. The van der Waals surface area contributed by atoms with E-state index >= 15 is 0 Å². The Hall–Kier alpha value is -1.24. The lowest BCUT2D eigenvalue weighted by Crippen LogP contribution is -2.28. The monoisotopic (exact) mass is 322 g/mol. The van der Waals surface area contributed by atoms with Gasteiger partial charge in [-0.1, -0.05) is 25.8 Å². The molecule has 0 amide bonds. The molecule has 1 aromatic rings. The number of fused-ring (bicyclic) bond motifs is 1. The van der Waals surface area contributed by atoms with Crippen molar-refractivity contribution >= 4 is 10.1 Å². The van der Waals surface area contributed by atoms with E-state index in [1.54, 1.807) is 6.07 Å². The number of alkyl halides is 3. The fraction of sp³-hybridized carbons (Fsp3) is 0.571. The number of rotatable bonds is 4. The van der Waals surface area contributed by atoms with E-state index in [0.717, 1.165) is 43.2 Å². The molecule has 1 aliphatic carbocycles.